The standard InChI is InChI=1S/C13H16N2OS/c1-9-6-10(8-15-7-9)12(14-2)13-11(16-3)4-5-17-13/h4-8,12,14H,1-3H3. The first-order valence-corrected chi connectivity index (χ1v) is 6.34. The van der Waals surface area contributed by atoms with Gasteiger partial charge in [-0.3, -0.25) is 4.98 Å². The zero-order valence-corrected chi connectivity index (χ0v) is 11.0. The number of rotatable bonds is 4. The molecule has 0 aliphatic rings. The highest BCUT2D eigenvalue weighted by atomic mass is 32.1. The van der Waals surface area contributed by atoms with Crippen molar-refractivity contribution in [2.45, 2.75) is 13.0 Å². The summed E-state index contributed by atoms with van der Waals surface area (Å²) in [5.41, 5.74) is 2.33. The van der Waals surface area contributed by atoms with Gasteiger partial charge in [0.25, 0.3) is 0 Å². The minimum atomic E-state index is 0.136. The minimum absolute atomic E-state index is 0.136. The lowest BCUT2D eigenvalue weighted by Gasteiger charge is -2.16. The summed E-state index contributed by atoms with van der Waals surface area (Å²) < 4.78 is 5.37. The minimum Gasteiger partial charge on any atom is -0.496 e. The molecule has 0 spiro atoms. The first-order chi connectivity index (χ1) is 8.26. The molecule has 1 unspecified atom stereocenters. The normalized spacial score (nSPS) is 12.4. The van der Waals surface area contributed by atoms with Crippen molar-refractivity contribution in [2.24, 2.45) is 0 Å². The molecule has 0 aliphatic heterocycles. The molecule has 0 bridgehead atoms. The Balaban J connectivity index is 2.40. The number of aromatic nitrogens is 1. The van der Waals surface area contributed by atoms with Crippen molar-refractivity contribution in [2.75, 3.05) is 14.2 Å². The maximum atomic E-state index is 5.37. The zero-order valence-electron chi connectivity index (χ0n) is 10.2. The van der Waals surface area contributed by atoms with E-state index in [0.717, 1.165) is 11.3 Å². The van der Waals surface area contributed by atoms with Crippen molar-refractivity contribution in [1.82, 2.24) is 10.3 Å². The van der Waals surface area contributed by atoms with Gasteiger partial charge in [-0.05, 0) is 36.5 Å². The van der Waals surface area contributed by atoms with Crippen LogP contribution >= 0.6 is 11.3 Å². The van der Waals surface area contributed by atoms with Gasteiger partial charge < -0.3 is 10.1 Å². The van der Waals surface area contributed by atoms with Gasteiger partial charge >= 0.3 is 0 Å². The molecule has 4 heteroatoms. The van der Waals surface area contributed by atoms with Gasteiger partial charge in [0.2, 0.25) is 0 Å². The second-order valence-electron chi connectivity index (χ2n) is 3.87. The van der Waals surface area contributed by atoms with Crippen molar-refractivity contribution in [3.8, 4) is 5.75 Å². The summed E-state index contributed by atoms with van der Waals surface area (Å²) in [6, 6.07) is 4.28. The van der Waals surface area contributed by atoms with E-state index in [1.54, 1.807) is 18.4 Å². The molecule has 0 fully saturated rings. The summed E-state index contributed by atoms with van der Waals surface area (Å²) in [6.45, 7) is 2.05. The van der Waals surface area contributed by atoms with Crippen molar-refractivity contribution in [3.63, 3.8) is 0 Å². The lowest BCUT2D eigenvalue weighted by Crippen LogP contribution is -2.17. The van der Waals surface area contributed by atoms with E-state index in [2.05, 4.69) is 23.3 Å². The summed E-state index contributed by atoms with van der Waals surface area (Å²) in [4.78, 5) is 5.43. The number of nitrogens with one attached hydrogen (secondary N) is 1. The Hall–Kier alpha value is -1.39. The molecule has 2 heterocycles. The summed E-state index contributed by atoms with van der Waals surface area (Å²) in [7, 11) is 3.65. The van der Waals surface area contributed by atoms with E-state index in [0.29, 0.717) is 0 Å². The van der Waals surface area contributed by atoms with E-state index < -0.39 is 0 Å². The van der Waals surface area contributed by atoms with Crippen LogP contribution in [0, 0.1) is 6.92 Å². The molecule has 1 atom stereocenters. The largest absolute Gasteiger partial charge is 0.496 e. The highest BCUT2D eigenvalue weighted by Gasteiger charge is 2.18. The smallest absolute Gasteiger partial charge is 0.134 e. The summed E-state index contributed by atoms with van der Waals surface area (Å²) in [6.07, 6.45) is 3.76. The van der Waals surface area contributed by atoms with Crippen LogP contribution in [0.15, 0.2) is 29.9 Å². The third-order valence-electron chi connectivity index (χ3n) is 2.66. The Morgan fingerprint density at radius 1 is 1.41 bits per heavy atom. The van der Waals surface area contributed by atoms with Gasteiger partial charge in [0.15, 0.2) is 0 Å². The lowest BCUT2D eigenvalue weighted by molar-refractivity contribution is 0.408. The van der Waals surface area contributed by atoms with Crippen molar-refractivity contribution in [1.29, 1.82) is 0 Å². The van der Waals surface area contributed by atoms with Crippen LogP contribution in [0.3, 0.4) is 0 Å². The maximum Gasteiger partial charge on any atom is 0.134 e. The van der Waals surface area contributed by atoms with Gasteiger partial charge in [0.1, 0.15) is 5.75 Å². The number of nitrogens with zero attached hydrogens (tertiary/aromatic N) is 1. The second-order valence-corrected chi connectivity index (χ2v) is 4.82. The van der Waals surface area contributed by atoms with Crippen LogP contribution in [-0.2, 0) is 0 Å². The fraction of sp³-hybridized carbons (Fsp3) is 0.308. The van der Waals surface area contributed by atoms with E-state index in [1.807, 2.05) is 30.9 Å². The Morgan fingerprint density at radius 3 is 2.88 bits per heavy atom. The highest BCUT2D eigenvalue weighted by Crippen LogP contribution is 2.34. The van der Waals surface area contributed by atoms with Crippen molar-refractivity contribution in [3.05, 3.63) is 45.9 Å². The molecular weight excluding hydrogens is 232 g/mol. The van der Waals surface area contributed by atoms with Crippen molar-refractivity contribution < 1.29 is 4.74 Å². The number of thiophene rings is 1. The number of methoxy groups -OCH3 is 1. The average molecular weight is 248 g/mol. The summed E-state index contributed by atoms with van der Waals surface area (Å²) in [5, 5.41) is 5.36. The van der Waals surface area contributed by atoms with Crippen LogP contribution in [0.5, 0.6) is 5.75 Å². The number of pyridine rings is 1. The van der Waals surface area contributed by atoms with Gasteiger partial charge in [-0.1, -0.05) is 6.07 Å². The predicted molar refractivity (Wildman–Crippen MR) is 70.7 cm³/mol. The molecular formula is C13H16N2OS. The topological polar surface area (TPSA) is 34.2 Å². The monoisotopic (exact) mass is 248 g/mol. The zero-order chi connectivity index (χ0) is 12.3. The Labute approximate surface area is 105 Å². The van der Waals surface area contributed by atoms with Crippen LogP contribution < -0.4 is 10.1 Å². The number of ether oxygens (including phenoxy) is 1. The lowest BCUT2D eigenvalue weighted by atomic mass is 10.1. The average Bonchev–Trinajstić information content (AvgIpc) is 2.78. The molecule has 17 heavy (non-hydrogen) atoms. The van der Waals surface area contributed by atoms with Gasteiger partial charge in [0, 0.05) is 12.4 Å². The van der Waals surface area contributed by atoms with E-state index in [4.69, 9.17) is 4.74 Å². The molecule has 0 aromatic carbocycles. The third-order valence-corrected chi connectivity index (χ3v) is 3.62. The molecule has 2 rings (SSSR count). The number of aryl methyl sites for hydroxylation is 1. The van der Waals surface area contributed by atoms with Crippen LogP contribution in [0.25, 0.3) is 0 Å². The van der Waals surface area contributed by atoms with Crippen LogP contribution in [-0.4, -0.2) is 19.1 Å². The Bertz CT molecular complexity index is 496. The van der Waals surface area contributed by atoms with E-state index in [9.17, 15) is 0 Å². The molecule has 0 saturated heterocycles. The Kier molecular flexibility index (Phi) is 3.76. The SMILES string of the molecule is CNC(c1cncc(C)c1)c1sccc1OC. The van der Waals surface area contributed by atoms with Gasteiger partial charge in [0.05, 0.1) is 18.0 Å². The third kappa shape index (κ3) is 2.48. The first-order valence-electron chi connectivity index (χ1n) is 5.46. The molecule has 2 aromatic heterocycles. The van der Waals surface area contributed by atoms with Gasteiger partial charge in [-0.2, -0.15) is 0 Å². The summed E-state index contributed by atoms with van der Waals surface area (Å²) >= 11 is 1.69. The molecule has 3 nitrogen and oxygen atoms in total. The molecule has 0 amide bonds. The fourth-order valence-corrected chi connectivity index (χ4v) is 2.87. The fourth-order valence-electron chi connectivity index (χ4n) is 1.87. The molecule has 0 aliphatic carbocycles. The van der Waals surface area contributed by atoms with Gasteiger partial charge in [-0.25, -0.2) is 0 Å². The molecule has 0 radical (unpaired) electrons. The van der Waals surface area contributed by atoms with E-state index in [-0.39, 0.29) is 6.04 Å². The maximum absolute atomic E-state index is 5.37. The van der Waals surface area contributed by atoms with E-state index in [1.165, 1.54) is 10.4 Å². The van der Waals surface area contributed by atoms with Crippen LogP contribution in [0.4, 0.5) is 0 Å². The highest BCUT2D eigenvalue weighted by molar-refractivity contribution is 7.10. The molecule has 90 valence electrons. The van der Waals surface area contributed by atoms with Crippen LogP contribution in [0.1, 0.15) is 22.0 Å². The molecule has 0 saturated carbocycles. The first kappa shape index (κ1) is 12.1. The summed E-state index contributed by atoms with van der Waals surface area (Å²) in [5.74, 6) is 0.927. The molecule has 1 N–H and O–H groups in total. The number of hydrogen-bond acceptors (Lipinski definition) is 4. The Morgan fingerprint density at radius 2 is 2.24 bits per heavy atom. The van der Waals surface area contributed by atoms with Gasteiger partial charge in [-0.15, -0.1) is 11.3 Å². The predicted octanol–water partition coefficient (Wildman–Crippen LogP) is 2.77. The number of hydrogen-bond donors (Lipinski definition) is 1. The quantitative estimate of drug-likeness (QED) is 0.903. The van der Waals surface area contributed by atoms with Crippen LogP contribution in [0.2, 0.25) is 0 Å². The molecule has 2 aromatic rings. The van der Waals surface area contributed by atoms with E-state index >= 15 is 0 Å². The van der Waals surface area contributed by atoms with Crippen molar-refractivity contribution >= 4 is 11.3 Å². The second kappa shape index (κ2) is 5.29.